The van der Waals surface area contributed by atoms with Gasteiger partial charge in [-0.2, -0.15) is 4.98 Å². The van der Waals surface area contributed by atoms with Crippen LogP contribution in [0.4, 0.5) is 10.4 Å². The van der Waals surface area contributed by atoms with Crippen LogP contribution in [0.3, 0.4) is 0 Å². The van der Waals surface area contributed by atoms with Crippen molar-refractivity contribution in [2.45, 2.75) is 32.7 Å². The quantitative estimate of drug-likeness (QED) is 0.381. The maximum atomic E-state index is 14.5. The van der Waals surface area contributed by atoms with Crippen LogP contribution < -0.4 is 5.32 Å². The second-order valence-corrected chi connectivity index (χ2v) is 9.35. The Morgan fingerprint density at radius 2 is 2.06 bits per heavy atom. The Morgan fingerprint density at radius 1 is 1.26 bits per heavy atom. The maximum Gasteiger partial charge on any atom is 0.295 e. The number of rotatable bonds is 5. The van der Waals surface area contributed by atoms with E-state index in [0.29, 0.717) is 52.2 Å². The van der Waals surface area contributed by atoms with Gasteiger partial charge in [-0.25, -0.2) is 14.4 Å². The van der Waals surface area contributed by atoms with Gasteiger partial charge in [0.25, 0.3) is 11.9 Å². The van der Waals surface area contributed by atoms with E-state index < -0.39 is 5.82 Å². The number of amides is 1. The van der Waals surface area contributed by atoms with Crippen LogP contribution in [0.1, 0.15) is 35.7 Å². The molecule has 0 bridgehead atoms. The highest BCUT2D eigenvalue weighted by atomic mass is 35.5. The lowest BCUT2D eigenvalue weighted by Crippen LogP contribution is -2.51. The fourth-order valence-electron chi connectivity index (χ4n) is 4.77. The van der Waals surface area contributed by atoms with Gasteiger partial charge in [-0.3, -0.25) is 4.79 Å². The SMILES string of the molecule is Cc1cc(F)cc(C(=O)N2CCCC(C)C2CNc2nc3ccc(Cl)cc3o2)c1-c1ncccn1. The summed E-state index contributed by atoms with van der Waals surface area (Å²) in [5, 5.41) is 3.82. The highest BCUT2D eigenvalue weighted by Gasteiger charge is 2.34. The fourth-order valence-corrected chi connectivity index (χ4v) is 4.93. The zero-order valence-corrected chi connectivity index (χ0v) is 20.2. The van der Waals surface area contributed by atoms with E-state index in [1.54, 1.807) is 43.6 Å². The number of hydrogen-bond acceptors (Lipinski definition) is 6. The van der Waals surface area contributed by atoms with Crippen LogP contribution in [0.25, 0.3) is 22.5 Å². The van der Waals surface area contributed by atoms with Gasteiger partial charge in [0.05, 0.1) is 11.6 Å². The molecule has 3 heterocycles. The van der Waals surface area contributed by atoms with Crippen LogP contribution in [-0.2, 0) is 0 Å². The van der Waals surface area contributed by atoms with Gasteiger partial charge in [0, 0.05) is 42.1 Å². The number of aromatic nitrogens is 3. The van der Waals surface area contributed by atoms with Gasteiger partial charge in [0.15, 0.2) is 11.4 Å². The largest absolute Gasteiger partial charge is 0.424 e. The minimum atomic E-state index is -0.463. The predicted molar refractivity (Wildman–Crippen MR) is 133 cm³/mol. The van der Waals surface area contributed by atoms with E-state index in [0.717, 1.165) is 12.8 Å². The van der Waals surface area contributed by atoms with Gasteiger partial charge in [0.1, 0.15) is 11.3 Å². The first-order chi connectivity index (χ1) is 16.9. The molecule has 1 amide bonds. The van der Waals surface area contributed by atoms with Gasteiger partial charge in [-0.1, -0.05) is 18.5 Å². The van der Waals surface area contributed by atoms with E-state index in [2.05, 4.69) is 27.2 Å². The molecule has 1 N–H and O–H groups in total. The van der Waals surface area contributed by atoms with Crippen LogP contribution in [0.2, 0.25) is 5.02 Å². The molecular formula is C26H25ClFN5O2. The number of carbonyl (C=O) groups is 1. The number of carbonyl (C=O) groups excluding carboxylic acids is 1. The molecule has 0 aliphatic carbocycles. The number of nitrogens with one attached hydrogen (secondary N) is 1. The summed E-state index contributed by atoms with van der Waals surface area (Å²) in [5.74, 6) is -0.0727. The third-order valence-electron chi connectivity index (χ3n) is 6.51. The topological polar surface area (TPSA) is 84.2 Å². The number of halogens is 2. The van der Waals surface area contributed by atoms with E-state index in [1.165, 1.54) is 12.1 Å². The molecule has 5 rings (SSSR count). The molecule has 4 aromatic rings. The summed E-state index contributed by atoms with van der Waals surface area (Å²) >= 11 is 6.05. The number of benzene rings is 2. The van der Waals surface area contributed by atoms with E-state index in [4.69, 9.17) is 16.0 Å². The molecule has 0 radical (unpaired) electrons. The minimum absolute atomic E-state index is 0.136. The van der Waals surface area contributed by atoms with Crippen molar-refractivity contribution in [3.8, 4) is 11.4 Å². The van der Waals surface area contributed by atoms with Crippen LogP contribution >= 0.6 is 11.6 Å². The molecule has 2 aromatic heterocycles. The second kappa shape index (κ2) is 9.62. The van der Waals surface area contributed by atoms with Crippen LogP contribution in [0.5, 0.6) is 0 Å². The molecule has 180 valence electrons. The second-order valence-electron chi connectivity index (χ2n) is 8.92. The van der Waals surface area contributed by atoms with Crippen molar-refractivity contribution in [3.63, 3.8) is 0 Å². The number of oxazole rings is 1. The minimum Gasteiger partial charge on any atom is -0.424 e. The Morgan fingerprint density at radius 3 is 2.86 bits per heavy atom. The van der Waals surface area contributed by atoms with Crippen molar-refractivity contribution in [2.24, 2.45) is 5.92 Å². The number of piperidine rings is 1. The van der Waals surface area contributed by atoms with Crippen LogP contribution in [0, 0.1) is 18.7 Å². The summed E-state index contributed by atoms with van der Waals surface area (Å²) in [4.78, 5) is 28.8. The molecule has 2 atom stereocenters. The smallest absolute Gasteiger partial charge is 0.295 e. The fraction of sp³-hybridized carbons (Fsp3) is 0.308. The molecule has 2 unspecified atom stereocenters. The number of fused-ring (bicyclic) bond motifs is 1. The number of hydrogen-bond donors (Lipinski definition) is 1. The first-order valence-corrected chi connectivity index (χ1v) is 12.0. The summed E-state index contributed by atoms with van der Waals surface area (Å²) in [5.41, 5.74) is 2.73. The van der Waals surface area contributed by atoms with E-state index in [1.807, 2.05) is 4.90 Å². The monoisotopic (exact) mass is 493 g/mol. The van der Waals surface area contributed by atoms with E-state index >= 15 is 0 Å². The summed E-state index contributed by atoms with van der Waals surface area (Å²) in [6, 6.07) is 9.90. The van der Waals surface area contributed by atoms with E-state index in [-0.39, 0.29) is 23.4 Å². The number of anilines is 1. The average Bonchev–Trinajstić information content (AvgIpc) is 3.24. The Balaban J connectivity index is 1.44. The lowest BCUT2D eigenvalue weighted by molar-refractivity contribution is 0.0539. The first-order valence-electron chi connectivity index (χ1n) is 11.6. The number of nitrogens with zero attached hydrogens (tertiary/aromatic N) is 4. The third-order valence-corrected chi connectivity index (χ3v) is 6.74. The third kappa shape index (κ3) is 4.71. The van der Waals surface area contributed by atoms with Gasteiger partial charge in [0.2, 0.25) is 0 Å². The molecule has 7 nitrogen and oxygen atoms in total. The molecule has 35 heavy (non-hydrogen) atoms. The lowest BCUT2D eigenvalue weighted by atomic mass is 9.89. The first kappa shape index (κ1) is 23.2. The van der Waals surface area contributed by atoms with Crippen molar-refractivity contribution in [1.82, 2.24) is 19.9 Å². The highest BCUT2D eigenvalue weighted by molar-refractivity contribution is 6.31. The number of aryl methyl sites for hydroxylation is 1. The Labute approximate surface area is 207 Å². The zero-order valence-electron chi connectivity index (χ0n) is 19.5. The van der Waals surface area contributed by atoms with Crippen molar-refractivity contribution in [2.75, 3.05) is 18.4 Å². The van der Waals surface area contributed by atoms with E-state index in [9.17, 15) is 9.18 Å². The summed E-state index contributed by atoms with van der Waals surface area (Å²) in [7, 11) is 0. The molecular weight excluding hydrogens is 469 g/mol. The zero-order chi connectivity index (χ0) is 24.5. The van der Waals surface area contributed by atoms with Crippen molar-refractivity contribution >= 4 is 34.6 Å². The molecule has 2 aromatic carbocycles. The molecule has 1 saturated heterocycles. The van der Waals surface area contributed by atoms with Crippen molar-refractivity contribution < 1.29 is 13.6 Å². The van der Waals surface area contributed by atoms with Crippen LogP contribution in [0.15, 0.2) is 53.2 Å². The molecule has 1 aliphatic rings. The van der Waals surface area contributed by atoms with Crippen molar-refractivity contribution in [3.05, 3.63) is 70.8 Å². The highest BCUT2D eigenvalue weighted by Crippen LogP contribution is 2.31. The number of likely N-dealkylation sites (tertiary alicyclic amines) is 1. The van der Waals surface area contributed by atoms with Gasteiger partial charge in [-0.15, -0.1) is 0 Å². The summed E-state index contributed by atoms with van der Waals surface area (Å²) in [6.45, 7) is 4.90. The molecule has 0 saturated carbocycles. The van der Waals surface area contributed by atoms with Gasteiger partial charge >= 0.3 is 0 Å². The Bertz CT molecular complexity index is 1380. The summed E-state index contributed by atoms with van der Waals surface area (Å²) in [6.07, 6.45) is 5.08. The van der Waals surface area contributed by atoms with Gasteiger partial charge in [-0.05, 0) is 61.6 Å². The van der Waals surface area contributed by atoms with Crippen LogP contribution in [-0.4, -0.2) is 44.9 Å². The molecule has 1 fully saturated rings. The summed E-state index contributed by atoms with van der Waals surface area (Å²) < 4.78 is 20.3. The molecule has 1 aliphatic heterocycles. The maximum absolute atomic E-state index is 14.5. The van der Waals surface area contributed by atoms with Gasteiger partial charge < -0.3 is 14.6 Å². The molecule has 9 heteroatoms. The Hall–Kier alpha value is -3.52. The molecule has 0 spiro atoms. The van der Waals surface area contributed by atoms with Crippen molar-refractivity contribution in [1.29, 1.82) is 0 Å². The average molecular weight is 494 g/mol. The lowest BCUT2D eigenvalue weighted by Gasteiger charge is -2.40. The standard InChI is InChI=1S/C26H25ClFN5O2/c1-15-5-3-10-33(21(15)14-31-26-32-20-7-6-17(27)12-22(20)35-26)25(34)19-13-18(28)11-16(2)23(19)24-29-8-4-9-30-24/h4,6-9,11-13,15,21H,3,5,10,14H2,1-2H3,(H,31,32). The normalized spacial score (nSPS) is 18.1. The Kier molecular flexibility index (Phi) is 6.38. The predicted octanol–water partition coefficient (Wildman–Crippen LogP) is 5.74.